The third kappa shape index (κ3) is 3.36. The fourth-order valence-electron chi connectivity index (χ4n) is 1.89. The average Bonchev–Trinajstić information content (AvgIpc) is 2.43. The van der Waals surface area contributed by atoms with Crippen molar-refractivity contribution in [1.29, 1.82) is 0 Å². The molecule has 2 aromatic rings. The molecule has 1 N–H and O–H groups in total. The molecule has 0 amide bonds. The maximum Gasteiger partial charge on any atom is 0.129 e. The molecule has 5 heteroatoms. The highest BCUT2D eigenvalue weighted by Crippen LogP contribution is 2.29. The lowest BCUT2D eigenvalue weighted by Gasteiger charge is -2.20. The summed E-state index contributed by atoms with van der Waals surface area (Å²) in [6, 6.07) is 4.66. The monoisotopic (exact) mass is 323 g/mol. The van der Waals surface area contributed by atoms with Gasteiger partial charge in [0.05, 0.1) is 17.9 Å². The van der Waals surface area contributed by atoms with Gasteiger partial charge in [-0.1, -0.05) is 28.9 Å². The van der Waals surface area contributed by atoms with Gasteiger partial charge in [-0.05, 0) is 25.1 Å². The molecule has 1 aromatic heterocycles. The van der Waals surface area contributed by atoms with E-state index in [0.29, 0.717) is 11.3 Å². The SMILES string of the molecule is CCCNC(c1cnccn1)c1c(F)cccc1Br. The van der Waals surface area contributed by atoms with Gasteiger partial charge in [-0.2, -0.15) is 0 Å². The number of hydrogen-bond donors (Lipinski definition) is 1. The van der Waals surface area contributed by atoms with Crippen LogP contribution in [0.4, 0.5) is 4.39 Å². The summed E-state index contributed by atoms with van der Waals surface area (Å²) in [6.45, 7) is 2.85. The van der Waals surface area contributed by atoms with Crippen LogP contribution < -0.4 is 5.32 Å². The van der Waals surface area contributed by atoms with Crippen molar-refractivity contribution in [2.24, 2.45) is 0 Å². The first-order chi connectivity index (χ1) is 9.24. The normalized spacial score (nSPS) is 12.4. The molecule has 1 unspecified atom stereocenters. The second-order valence-corrected chi connectivity index (χ2v) is 5.01. The highest BCUT2D eigenvalue weighted by molar-refractivity contribution is 9.10. The van der Waals surface area contributed by atoms with E-state index in [0.717, 1.165) is 17.4 Å². The average molecular weight is 324 g/mol. The number of aromatic nitrogens is 2. The minimum Gasteiger partial charge on any atom is -0.305 e. The molecule has 19 heavy (non-hydrogen) atoms. The van der Waals surface area contributed by atoms with Gasteiger partial charge in [-0.3, -0.25) is 9.97 Å². The van der Waals surface area contributed by atoms with Gasteiger partial charge in [-0.25, -0.2) is 4.39 Å². The minimum atomic E-state index is -0.302. The van der Waals surface area contributed by atoms with E-state index in [-0.39, 0.29) is 11.9 Å². The van der Waals surface area contributed by atoms with Gasteiger partial charge in [0.15, 0.2) is 0 Å². The van der Waals surface area contributed by atoms with Gasteiger partial charge in [-0.15, -0.1) is 0 Å². The molecule has 0 bridgehead atoms. The molecule has 0 aliphatic carbocycles. The Labute approximate surface area is 120 Å². The zero-order chi connectivity index (χ0) is 13.7. The van der Waals surface area contributed by atoms with Crippen molar-refractivity contribution in [3.63, 3.8) is 0 Å². The molecule has 0 aliphatic rings. The summed E-state index contributed by atoms with van der Waals surface area (Å²) in [7, 11) is 0. The number of nitrogens with zero attached hydrogens (tertiary/aromatic N) is 2. The molecule has 0 saturated carbocycles. The van der Waals surface area contributed by atoms with Crippen LogP contribution in [0.3, 0.4) is 0 Å². The van der Waals surface area contributed by atoms with Crippen molar-refractivity contribution < 1.29 is 4.39 Å². The summed E-state index contributed by atoms with van der Waals surface area (Å²) in [4.78, 5) is 8.34. The Balaban J connectivity index is 2.43. The number of nitrogens with one attached hydrogen (secondary N) is 1. The molecule has 1 aromatic carbocycles. The summed E-state index contributed by atoms with van der Waals surface area (Å²) in [5, 5.41) is 3.31. The van der Waals surface area contributed by atoms with Crippen molar-refractivity contribution in [2.45, 2.75) is 19.4 Å². The lowest BCUT2D eigenvalue weighted by Crippen LogP contribution is -2.25. The zero-order valence-electron chi connectivity index (χ0n) is 10.6. The third-order valence-electron chi connectivity index (χ3n) is 2.77. The fourth-order valence-corrected chi connectivity index (χ4v) is 2.46. The second-order valence-electron chi connectivity index (χ2n) is 4.15. The predicted molar refractivity (Wildman–Crippen MR) is 76.3 cm³/mol. The van der Waals surface area contributed by atoms with Crippen molar-refractivity contribution in [1.82, 2.24) is 15.3 Å². The van der Waals surface area contributed by atoms with E-state index in [1.54, 1.807) is 24.7 Å². The molecule has 3 nitrogen and oxygen atoms in total. The van der Waals surface area contributed by atoms with E-state index in [4.69, 9.17) is 0 Å². The lowest BCUT2D eigenvalue weighted by atomic mass is 10.0. The number of hydrogen-bond acceptors (Lipinski definition) is 3. The summed E-state index contributed by atoms with van der Waals surface area (Å²) < 4.78 is 14.8. The Bertz CT molecular complexity index is 513. The van der Waals surface area contributed by atoms with E-state index in [1.807, 2.05) is 6.07 Å². The smallest absolute Gasteiger partial charge is 0.129 e. The van der Waals surface area contributed by atoms with Crippen LogP contribution in [0, 0.1) is 5.82 Å². The van der Waals surface area contributed by atoms with Gasteiger partial charge in [0.25, 0.3) is 0 Å². The molecular weight excluding hydrogens is 309 g/mol. The number of rotatable bonds is 5. The van der Waals surface area contributed by atoms with E-state index in [1.165, 1.54) is 6.07 Å². The Kier molecular flexibility index (Phi) is 4.99. The number of halogens is 2. The van der Waals surface area contributed by atoms with Crippen molar-refractivity contribution in [3.05, 3.63) is 58.3 Å². The van der Waals surface area contributed by atoms with Crippen LogP contribution in [0.25, 0.3) is 0 Å². The van der Waals surface area contributed by atoms with Crippen LogP contribution in [-0.2, 0) is 0 Å². The maximum atomic E-state index is 14.1. The lowest BCUT2D eigenvalue weighted by molar-refractivity contribution is 0.536. The van der Waals surface area contributed by atoms with Gasteiger partial charge in [0.2, 0.25) is 0 Å². The Morgan fingerprint density at radius 3 is 2.84 bits per heavy atom. The summed E-state index contributed by atoms with van der Waals surface area (Å²) >= 11 is 3.41. The van der Waals surface area contributed by atoms with Crippen LogP contribution in [0.1, 0.15) is 30.6 Å². The standard InChI is InChI=1S/C14H15BrFN3/c1-2-6-19-14(12-9-17-7-8-18-12)13-10(15)4-3-5-11(13)16/h3-5,7-9,14,19H,2,6H2,1H3. The van der Waals surface area contributed by atoms with E-state index in [9.17, 15) is 4.39 Å². The first kappa shape index (κ1) is 14.1. The van der Waals surface area contributed by atoms with Gasteiger partial charge < -0.3 is 5.32 Å². The summed E-state index contributed by atoms with van der Waals surface area (Å²) in [6.07, 6.45) is 5.84. The van der Waals surface area contributed by atoms with Crippen LogP contribution in [0.2, 0.25) is 0 Å². The fraction of sp³-hybridized carbons (Fsp3) is 0.286. The number of benzene rings is 1. The first-order valence-electron chi connectivity index (χ1n) is 6.17. The van der Waals surface area contributed by atoms with Crippen molar-refractivity contribution in [2.75, 3.05) is 6.54 Å². The van der Waals surface area contributed by atoms with Crippen molar-refractivity contribution >= 4 is 15.9 Å². The van der Waals surface area contributed by atoms with Crippen molar-refractivity contribution in [3.8, 4) is 0 Å². The quantitative estimate of drug-likeness (QED) is 0.915. The topological polar surface area (TPSA) is 37.8 Å². The van der Waals surface area contributed by atoms with Gasteiger partial charge >= 0.3 is 0 Å². The molecule has 0 saturated heterocycles. The van der Waals surface area contributed by atoms with E-state index >= 15 is 0 Å². The second kappa shape index (κ2) is 6.73. The Morgan fingerprint density at radius 2 is 2.21 bits per heavy atom. The maximum absolute atomic E-state index is 14.1. The molecular formula is C14H15BrFN3. The predicted octanol–water partition coefficient (Wildman–Crippen LogP) is 3.47. The minimum absolute atomic E-state index is 0.256. The Morgan fingerprint density at radius 1 is 1.37 bits per heavy atom. The van der Waals surface area contributed by atoms with E-state index < -0.39 is 0 Å². The molecule has 0 radical (unpaired) electrons. The molecule has 0 fully saturated rings. The molecule has 1 atom stereocenters. The zero-order valence-corrected chi connectivity index (χ0v) is 12.2. The third-order valence-corrected chi connectivity index (χ3v) is 3.46. The highest BCUT2D eigenvalue weighted by atomic mass is 79.9. The first-order valence-corrected chi connectivity index (χ1v) is 6.96. The molecule has 0 spiro atoms. The van der Waals surface area contributed by atoms with Crippen LogP contribution in [0.15, 0.2) is 41.3 Å². The summed E-state index contributed by atoms with van der Waals surface area (Å²) in [5.41, 5.74) is 1.28. The van der Waals surface area contributed by atoms with Crippen LogP contribution >= 0.6 is 15.9 Å². The summed E-state index contributed by atoms with van der Waals surface area (Å²) in [5.74, 6) is -0.256. The van der Waals surface area contributed by atoms with Gasteiger partial charge in [0, 0.05) is 22.4 Å². The molecule has 100 valence electrons. The Hall–Kier alpha value is -1.33. The highest BCUT2D eigenvalue weighted by Gasteiger charge is 2.21. The molecule has 2 rings (SSSR count). The molecule has 0 aliphatic heterocycles. The molecule has 1 heterocycles. The van der Waals surface area contributed by atoms with Crippen LogP contribution in [0.5, 0.6) is 0 Å². The van der Waals surface area contributed by atoms with E-state index in [2.05, 4.69) is 38.1 Å². The largest absolute Gasteiger partial charge is 0.305 e. The van der Waals surface area contributed by atoms with Gasteiger partial charge in [0.1, 0.15) is 5.82 Å². The van der Waals surface area contributed by atoms with Crippen LogP contribution in [-0.4, -0.2) is 16.5 Å².